The van der Waals surface area contributed by atoms with Crippen molar-refractivity contribution in [3.8, 4) is 5.75 Å². The molecular formula is C48H75N6O14P. The maximum Gasteiger partial charge on any atom is 0.524 e. The molecule has 0 bridgehead atoms. The highest BCUT2D eigenvalue weighted by atomic mass is 31.2. The third kappa shape index (κ3) is 23.6. The number of nitrogens with two attached hydrogens (primary N) is 1. The van der Waals surface area contributed by atoms with E-state index in [4.69, 9.17) is 15.5 Å². The van der Waals surface area contributed by atoms with Crippen molar-refractivity contribution in [2.45, 2.75) is 166 Å². The van der Waals surface area contributed by atoms with Crippen LogP contribution in [0.4, 0.5) is 0 Å². The third-order valence-electron chi connectivity index (χ3n) is 11.9. The Morgan fingerprint density at radius 1 is 0.667 bits per heavy atom. The summed E-state index contributed by atoms with van der Waals surface area (Å²) in [6.07, 6.45) is 10.5. The van der Waals surface area contributed by atoms with Crippen molar-refractivity contribution in [1.29, 1.82) is 0 Å². The summed E-state index contributed by atoms with van der Waals surface area (Å²) >= 11 is 0. The number of aliphatic hydroxyl groups is 2. The molecular weight excluding hydrogens is 916 g/mol. The van der Waals surface area contributed by atoms with E-state index >= 15 is 0 Å². The number of amides is 6. The second-order valence-corrected chi connectivity index (χ2v) is 18.8. The molecule has 2 aromatic carbocycles. The molecule has 69 heavy (non-hydrogen) atoms. The average Bonchev–Trinajstić information content (AvgIpc) is 3.29. The van der Waals surface area contributed by atoms with Crippen LogP contribution in [-0.2, 0) is 51.0 Å². The first kappa shape index (κ1) is 59.7. The molecule has 0 saturated carbocycles. The van der Waals surface area contributed by atoms with E-state index in [0.717, 1.165) is 64.2 Å². The fourth-order valence-electron chi connectivity index (χ4n) is 7.65. The number of carbonyl (C=O) groups is 7. The lowest BCUT2D eigenvalue weighted by Crippen LogP contribution is -2.60. The number of benzene rings is 2. The number of nitrogens with zero attached hydrogens (tertiary/aromatic N) is 1. The average molecular weight is 991 g/mol. The normalized spacial score (nSPS) is 14.4. The van der Waals surface area contributed by atoms with Gasteiger partial charge in [-0.15, -0.1) is 0 Å². The summed E-state index contributed by atoms with van der Waals surface area (Å²) in [5.41, 5.74) is 6.47. The Labute approximate surface area is 405 Å². The van der Waals surface area contributed by atoms with Crippen molar-refractivity contribution < 1.29 is 67.8 Å². The molecule has 0 fully saturated rings. The zero-order valence-corrected chi connectivity index (χ0v) is 41.2. The van der Waals surface area contributed by atoms with Crippen molar-refractivity contribution in [1.82, 2.24) is 26.2 Å². The lowest BCUT2D eigenvalue weighted by atomic mass is 9.97. The van der Waals surface area contributed by atoms with Crippen molar-refractivity contribution in [3.05, 3.63) is 65.7 Å². The monoisotopic (exact) mass is 991 g/mol. The van der Waals surface area contributed by atoms with Crippen LogP contribution >= 0.6 is 7.82 Å². The summed E-state index contributed by atoms with van der Waals surface area (Å²) in [5, 5.41) is 40.0. The summed E-state index contributed by atoms with van der Waals surface area (Å²) in [6.45, 7) is 4.19. The fourth-order valence-corrected chi connectivity index (χ4v) is 8.04. The summed E-state index contributed by atoms with van der Waals surface area (Å²) in [5.74, 6) is -5.48. The molecule has 2 aromatic rings. The Hall–Kier alpha value is -5.40. The van der Waals surface area contributed by atoms with Gasteiger partial charge in [-0.1, -0.05) is 127 Å². The summed E-state index contributed by atoms with van der Waals surface area (Å²) in [6, 6.07) is 8.35. The molecule has 2 rings (SSSR count). The van der Waals surface area contributed by atoms with Crippen LogP contribution in [0.1, 0.15) is 128 Å². The number of likely N-dealkylation sites (N-methyl/N-ethyl adjacent to an activating group) is 1. The van der Waals surface area contributed by atoms with Crippen LogP contribution in [0.2, 0.25) is 0 Å². The van der Waals surface area contributed by atoms with Gasteiger partial charge < -0.3 is 51.7 Å². The minimum absolute atomic E-state index is 0.0165. The van der Waals surface area contributed by atoms with Gasteiger partial charge >= 0.3 is 13.8 Å². The number of nitrogens with one attached hydrogen (secondary N) is 4. The van der Waals surface area contributed by atoms with E-state index in [2.05, 4.69) is 25.8 Å². The molecule has 386 valence electrons. The molecule has 6 amide bonds. The standard InChI is InChI=1S/C48H75N6O14P/c1-5-32(2)42(46(61)52-39(31-55)44(49)59)53-47(62)43(33(3)56)54(4)41(58)24-20-15-13-11-9-7-6-8-10-12-14-19-23-40(57)50-37(29-35-25-27-36(28-26-35)68-69(65,66)67)45(60)51-38(48(63)64)30-34-21-17-16-18-22-34/h16-18,21-22,25-28,32-33,37-39,42-43,55-56H,5-15,19-20,23-24,29-31H2,1-4H3,(H2,49,59)(H,50,57)(H,51,60)(H,52,61)(H,53,62)(H,63,64)(H2,65,66,67)/t32?,33?,37?,38-,39?,42+,43-/m0/s1. The summed E-state index contributed by atoms with van der Waals surface area (Å²) in [4.78, 5) is 109. The number of hydrogen-bond donors (Lipinski definition) is 10. The van der Waals surface area contributed by atoms with Gasteiger partial charge in [0, 0.05) is 32.7 Å². The van der Waals surface area contributed by atoms with Crippen LogP contribution < -0.4 is 31.5 Å². The zero-order chi connectivity index (χ0) is 51.5. The Balaban J connectivity index is 1.73. The van der Waals surface area contributed by atoms with Crippen molar-refractivity contribution in [2.24, 2.45) is 11.7 Å². The van der Waals surface area contributed by atoms with Crippen molar-refractivity contribution >= 4 is 49.2 Å². The second kappa shape index (κ2) is 31.7. The van der Waals surface area contributed by atoms with E-state index in [-0.39, 0.29) is 49.2 Å². The number of rotatable bonds is 35. The summed E-state index contributed by atoms with van der Waals surface area (Å²) < 4.78 is 15.8. The largest absolute Gasteiger partial charge is 0.524 e. The van der Waals surface area contributed by atoms with Gasteiger partial charge in [-0.25, -0.2) is 9.36 Å². The number of phosphoric acid groups is 1. The Bertz CT molecular complexity index is 1970. The Kier molecular flexibility index (Phi) is 27.4. The first-order valence-corrected chi connectivity index (χ1v) is 25.3. The first-order chi connectivity index (χ1) is 32.7. The minimum atomic E-state index is -4.78. The van der Waals surface area contributed by atoms with Crippen LogP contribution in [0.3, 0.4) is 0 Å². The fraction of sp³-hybridized carbons (Fsp3) is 0.604. The molecule has 0 radical (unpaired) electrons. The van der Waals surface area contributed by atoms with Gasteiger partial charge in [-0.3, -0.25) is 38.6 Å². The van der Waals surface area contributed by atoms with Crippen LogP contribution in [0.15, 0.2) is 54.6 Å². The molecule has 0 aliphatic rings. The lowest BCUT2D eigenvalue weighted by molar-refractivity contribution is -0.144. The molecule has 0 aliphatic heterocycles. The zero-order valence-electron chi connectivity index (χ0n) is 40.3. The number of carboxylic acid groups (broad SMARTS) is 1. The Morgan fingerprint density at radius 3 is 1.64 bits per heavy atom. The molecule has 0 saturated heterocycles. The number of carbonyl (C=O) groups excluding carboxylic acids is 6. The summed E-state index contributed by atoms with van der Waals surface area (Å²) in [7, 11) is -3.35. The number of phosphoric ester groups is 1. The SMILES string of the molecule is CCC(C)[C@@H](NC(=O)[C@H](C(C)O)N(C)C(=O)CCCCCCCCCCCCCCC(=O)NC(Cc1ccc(OP(=O)(O)O)cc1)C(=O)N[C@@H](Cc1ccccc1)C(=O)O)C(=O)NC(CO)C(N)=O. The molecule has 7 atom stereocenters. The highest BCUT2D eigenvalue weighted by Gasteiger charge is 2.36. The topological polar surface area (TPSA) is 324 Å². The Morgan fingerprint density at radius 2 is 1.16 bits per heavy atom. The predicted octanol–water partition coefficient (Wildman–Crippen LogP) is 3.16. The maximum absolute atomic E-state index is 13.5. The number of carboxylic acids is 1. The van der Waals surface area contributed by atoms with Crippen LogP contribution in [-0.4, -0.2) is 121 Å². The van der Waals surface area contributed by atoms with E-state index in [0.29, 0.717) is 30.4 Å². The van der Waals surface area contributed by atoms with Gasteiger partial charge in [-0.2, -0.15) is 0 Å². The molecule has 20 nitrogen and oxygen atoms in total. The highest BCUT2D eigenvalue weighted by molar-refractivity contribution is 7.46. The van der Waals surface area contributed by atoms with E-state index in [1.807, 2.05) is 6.92 Å². The minimum Gasteiger partial charge on any atom is -0.480 e. The highest BCUT2D eigenvalue weighted by Crippen LogP contribution is 2.37. The molecule has 0 heterocycles. The van der Waals surface area contributed by atoms with E-state index in [9.17, 15) is 53.4 Å². The second-order valence-electron chi connectivity index (χ2n) is 17.6. The van der Waals surface area contributed by atoms with Crippen LogP contribution in [0.25, 0.3) is 0 Å². The van der Waals surface area contributed by atoms with Gasteiger partial charge in [0.15, 0.2) is 0 Å². The first-order valence-electron chi connectivity index (χ1n) is 23.8. The van der Waals surface area contributed by atoms with E-state index < -0.39 is 80.3 Å². The van der Waals surface area contributed by atoms with E-state index in [1.165, 1.54) is 43.1 Å². The lowest BCUT2D eigenvalue weighted by Gasteiger charge is -2.32. The van der Waals surface area contributed by atoms with Crippen molar-refractivity contribution in [2.75, 3.05) is 13.7 Å². The maximum atomic E-state index is 13.5. The number of primary amides is 1. The van der Waals surface area contributed by atoms with Gasteiger partial charge in [0.05, 0.1) is 12.7 Å². The smallest absolute Gasteiger partial charge is 0.480 e. The molecule has 0 spiro atoms. The van der Waals surface area contributed by atoms with Crippen LogP contribution in [0.5, 0.6) is 5.75 Å². The van der Waals surface area contributed by atoms with Gasteiger partial charge in [0.25, 0.3) is 0 Å². The molecule has 4 unspecified atom stereocenters. The van der Waals surface area contributed by atoms with Crippen LogP contribution in [0, 0.1) is 5.92 Å². The number of aliphatic carboxylic acids is 1. The molecule has 0 aliphatic carbocycles. The quantitative estimate of drug-likeness (QED) is 0.0351. The predicted molar refractivity (Wildman–Crippen MR) is 257 cm³/mol. The molecule has 21 heteroatoms. The molecule has 0 aromatic heterocycles. The number of aliphatic hydroxyl groups excluding tert-OH is 2. The third-order valence-corrected chi connectivity index (χ3v) is 12.3. The van der Waals surface area contributed by atoms with Crippen molar-refractivity contribution in [3.63, 3.8) is 0 Å². The van der Waals surface area contributed by atoms with Gasteiger partial charge in [-0.05, 0) is 48.9 Å². The number of unbranched alkanes of at least 4 members (excludes halogenated alkanes) is 11. The van der Waals surface area contributed by atoms with E-state index in [1.54, 1.807) is 37.3 Å². The van der Waals surface area contributed by atoms with Gasteiger partial charge in [0.1, 0.15) is 36.0 Å². The van der Waals surface area contributed by atoms with Gasteiger partial charge in [0.2, 0.25) is 35.4 Å². The molecule has 11 N–H and O–H groups in total. The number of hydrogen-bond acceptors (Lipinski definition) is 11.